The van der Waals surface area contributed by atoms with Crippen molar-refractivity contribution in [1.29, 1.82) is 0 Å². The lowest BCUT2D eigenvalue weighted by molar-refractivity contribution is 0.406. The van der Waals surface area contributed by atoms with Crippen LogP contribution in [0.3, 0.4) is 0 Å². The minimum atomic E-state index is 0.576. The molecule has 0 unspecified atom stereocenters. The van der Waals surface area contributed by atoms with E-state index in [0.29, 0.717) is 16.3 Å². The van der Waals surface area contributed by atoms with Gasteiger partial charge >= 0.3 is 0 Å². The van der Waals surface area contributed by atoms with Crippen LogP contribution in [0.5, 0.6) is 0 Å². The molecule has 0 rings (SSSR count). The van der Waals surface area contributed by atoms with Crippen molar-refractivity contribution in [3.8, 4) is 0 Å². The first-order chi connectivity index (χ1) is 3.98. The molecule has 0 aliphatic rings. The van der Waals surface area contributed by atoms with Crippen molar-refractivity contribution < 1.29 is 0 Å². The quantitative estimate of drug-likeness (QED) is 0.537. The van der Waals surface area contributed by atoms with Gasteiger partial charge in [0.15, 0.2) is 0 Å². The lowest BCUT2D eigenvalue weighted by Gasteiger charge is -2.18. The summed E-state index contributed by atoms with van der Waals surface area (Å²) in [5.74, 6) is 1.38. The first-order valence-electron chi connectivity index (χ1n) is 3.52. The van der Waals surface area contributed by atoms with Crippen LogP contribution in [-0.4, -0.2) is 18.3 Å². The van der Waals surface area contributed by atoms with Gasteiger partial charge in [0.1, 0.15) is 5.75 Å². The summed E-state index contributed by atoms with van der Waals surface area (Å²) in [7, 11) is 0.615. The van der Waals surface area contributed by atoms with Gasteiger partial charge in [0.25, 0.3) is 0 Å². The molecule has 0 spiro atoms. The molecule has 0 saturated heterocycles. The molecule has 0 fully saturated rings. The maximum absolute atomic E-state index is 2.35. The summed E-state index contributed by atoms with van der Waals surface area (Å²) in [5.41, 5.74) is 0.576. The predicted octanol–water partition coefficient (Wildman–Crippen LogP) is 2.30. The highest BCUT2D eigenvalue weighted by molar-refractivity contribution is 7.95. The largest absolute Gasteiger partial charge is 0.112 e. The average molecular weight is 147 g/mol. The summed E-state index contributed by atoms with van der Waals surface area (Å²) in [6, 6.07) is 0. The van der Waals surface area contributed by atoms with Gasteiger partial charge < -0.3 is 0 Å². The van der Waals surface area contributed by atoms with Gasteiger partial charge in [-0.1, -0.05) is 20.8 Å². The van der Waals surface area contributed by atoms with Gasteiger partial charge in [-0.25, -0.2) is 0 Å². The monoisotopic (exact) mass is 147 g/mol. The van der Waals surface area contributed by atoms with Gasteiger partial charge in [-0.05, 0) is 17.3 Å². The van der Waals surface area contributed by atoms with Gasteiger partial charge in [-0.15, -0.1) is 0 Å². The third-order valence-corrected chi connectivity index (χ3v) is 3.00. The zero-order valence-electron chi connectivity index (χ0n) is 7.32. The molecule has 0 heterocycles. The summed E-state index contributed by atoms with van der Waals surface area (Å²) >= 11 is 0. The van der Waals surface area contributed by atoms with Gasteiger partial charge in [0.2, 0.25) is 0 Å². The van der Waals surface area contributed by atoms with E-state index in [1.54, 1.807) is 0 Å². The van der Waals surface area contributed by atoms with Crippen molar-refractivity contribution in [3.63, 3.8) is 0 Å². The fourth-order valence-electron chi connectivity index (χ4n) is 0.884. The molecule has 0 N–H and O–H groups in total. The summed E-state index contributed by atoms with van der Waals surface area (Å²) in [6.45, 7) is 6.97. The van der Waals surface area contributed by atoms with Crippen LogP contribution in [0.25, 0.3) is 0 Å². The zero-order valence-corrected chi connectivity index (χ0v) is 8.14. The molecule has 0 bridgehead atoms. The van der Waals surface area contributed by atoms with E-state index in [0.717, 1.165) is 0 Å². The molecule has 0 aliphatic carbocycles. The summed E-state index contributed by atoms with van der Waals surface area (Å²) in [5, 5.41) is 0. The maximum Gasteiger partial charge on any atom is 0.112 e. The Morgan fingerprint density at radius 2 is 1.67 bits per heavy atom. The van der Waals surface area contributed by atoms with Crippen molar-refractivity contribution >= 4 is 10.9 Å². The van der Waals surface area contributed by atoms with Crippen LogP contribution < -0.4 is 0 Å². The molecule has 1 heteroatoms. The minimum absolute atomic E-state index is 0.576. The molecule has 56 valence electrons. The van der Waals surface area contributed by atoms with Crippen molar-refractivity contribution in [2.24, 2.45) is 5.41 Å². The van der Waals surface area contributed by atoms with Gasteiger partial charge in [0.05, 0.1) is 12.5 Å². The third-order valence-electron chi connectivity index (χ3n) is 1.64. The van der Waals surface area contributed by atoms with Crippen molar-refractivity contribution in [2.75, 3.05) is 18.3 Å². The third kappa shape index (κ3) is 4.83. The molecule has 0 aromatic carbocycles. The van der Waals surface area contributed by atoms with E-state index in [-0.39, 0.29) is 0 Å². The molecule has 0 nitrogen and oxygen atoms in total. The molecule has 0 aliphatic heterocycles. The Morgan fingerprint density at radius 1 is 1.22 bits per heavy atom. The molecule has 0 radical (unpaired) electrons. The lowest BCUT2D eigenvalue weighted by Crippen LogP contribution is -2.21. The molecule has 0 amide bonds. The van der Waals surface area contributed by atoms with E-state index >= 15 is 0 Å². The molecule has 0 atom stereocenters. The standard InChI is InChI=1S/C8H19S/c1-6-8(2,3)7-9(4)5/h6-7H2,1-5H3/q+1. The summed E-state index contributed by atoms with van der Waals surface area (Å²) in [6.07, 6.45) is 5.94. The minimum Gasteiger partial charge on any atom is -0.0647 e. The van der Waals surface area contributed by atoms with Gasteiger partial charge in [-0.3, -0.25) is 0 Å². The Kier molecular flexibility index (Phi) is 3.64. The second-order valence-corrected chi connectivity index (χ2v) is 5.91. The Labute approximate surface area is 62.4 Å². The van der Waals surface area contributed by atoms with Crippen LogP contribution in [0.2, 0.25) is 0 Å². The Morgan fingerprint density at radius 3 is 1.78 bits per heavy atom. The first-order valence-corrected chi connectivity index (χ1v) is 5.73. The van der Waals surface area contributed by atoms with Crippen molar-refractivity contribution in [2.45, 2.75) is 27.2 Å². The molecule has 0 aromatic rings. The Bertz CT molecular complexity index is 74.6. The smallest absolute Gasteiger partial charge is 0.0647 e. The van der Waals surface area contributed by atoms with E-state index in [9.17, 15) is 0 Å². The highest BCUT2D eigenvalue weighted by Gasteiger charge is 2.21. The maximum atomic E-state index is 2.35. The van der Waals surface area contributed by atoms with E-state index in [1.165, 1.54) is 12.2 Å². The van der Waals surface area contributed by atoms with Crippen LogP contribution in [0.4, 0.5) is 0 Å². The van der Waals surface area contributed by atoms with Crippen LogP contribution in [0.15, 0.2) is 0 Å². The number of hydrogen-bond donors (Lipinski definition) is 0. The summed E-state index contributed by atoms with van der Waals surface area (Å²) in [4.78, 5) is 0. The normalized spacial score (nSPS) is 12.7. The molecule has 0 aromatic heterocycles. The van der Waals surface area contributed by atoms with E-state index < -0.39 is 0 Å². The number of hydrogen-bond acceptors (Lipinski definition) is 0. The SMILES string of the molecule is CCC(C)(C)C[S+](C)C. The van der Waals surface area contributed by atoms with Crippen LogP contribution in [-0.2, 0) is 10.9 Å². The van der Waals surface area contributed by atoms with Crippen molar-refractivity contribution in [3.05, 3.63) is 0 Å². The van der Waals surface area contributed by atoms with Crippen molar-refractivity contribution in [1.82, 2.24) is 0 Å². The highest BCUT2D eigenvalue weighted by atomic mass is 32.2. The van der Waals surface area contributed by atoms with Crippen LogP contribution in [0, 0.1) is 5.41 Å². The van der Waals surface area contributed by atoms with E-state index in [4.69, 9.17) is 0 Å². The van der Waals surface area contributed by atoms with Crippen LogP contribution >= 0.6 is 0 Å². The first kappa shape index (κ1) is 9.35. The lowest BCUT2D eigenvalue weighted by atomic mass is 9.93. The van der Waals surface area contributed by atoms with Crippen LogP contribution in [0.1, 0.15) is 27.2 Å². The fourth-order valence-corrected chi connectivity index (χ4v) is 2.65. The van der Waals surface area contributed by atoms with E-state index in [2.05, 4.69) is 33.3 Å². The Hall–Kier alpha value is 0.350. The highest BCUT2D eigenvalue weighted by Crippen LogP contribution is 2.21. The molecule has 0 saturated carbocycles. The van der Waals surface area contributed by atoms with Gasteiger partial charge in [-0.2, -0.15) is 0 Å². The molecular formula is C8H19S+. The second-order valence-electron chi connectivity index (χ2n) is 3.65. The average Bonchev–Trinajstić information content (AvgIpc) is 1.63. The fraction of sp³-hybridized carbons (Fsp3) is 1.00. The molecular weight excluding hydrogens is 128 g/mol. The number of rotatable bonds is 3. The van der Waals surface area contributed by atoms with E-state index in [1.807, 2.05) is 0 Å². The Balaban J connectivity index is 3.58. The summed E-state index contributed by atoms with van der Waals surface area (Å²) < 4.78 is 0. The topological polar surface area (TPSA) is 0 Å². The zero-order chi connectivity index (χ0) is 7.49. The predicted molar refractivity (Wildman–Crippen MR) is 48.2 cm³/mol. The second kappa shape index (κ2) is 3.50. The van der Waals surface area contributed by atoms with Gasteiger partial charge in [0, 0.05) is 5.41 Å². The molecule has 9 heavy (non-hydrogen) atoms.